The van der Waals surface area contributed by atoms with Gasteiger partial charge < -0.3 is 26.7 Å². The monoisotopic (exact) mass is 397 g/mol. The molecule has 1 heterocycles. The Kier molecular flexibility index (Phi) is 8.39. The molecule has 1 aromatic heterocycles. The molecule has 0 bridgehead atoms. The summed E-state index contributed by atoms with van der Waals surface area (Å²) >= 11 is 0. The molecule has 0 aliphatic rings. The first-order valence-electron chi connectivity index (χ1n) is 9.41. The van der Waals surface area contributed by atoms with E-state index < -0.39 is 18.0 Å². The van der Waals surface area contributed by atoms with E-state index in [4.69, 9.17) is 21.7 Å². The van der Waals surface area contributed by atoms with Crippen molar-refractivity contribution in [1.29, 1.82) is 0 Å². The van der Waals surface area contributed by atoms with Crippen LogP contribution in [0.4, 0.5) is 0 Å². The zero-order valence-corrected chi connectivity index (χ0v) is 16.1. The SMILES string of the molecule is N[C@@H](CCc1ccccc1)C(=O)O.N[C@H](CC(=O)O)Cc1c[nH]c2ccccc12. The van der Waals surface area contributed by atoms with Crippen molar-refractivity contribution in [3.63, 3.8) is 0 Å². The van der Waals surface area contributed by atoms with Gasteiger partial charge in [-0.1, -0.05) is 48.5 Å². The molecule has 7 nitrogen and oxygen atoms in total. The summed E-state index contributed by atoms with van der Waals surface area (Å²) in [6, 6.07) is 16.6. The van der Waals surface area contributed by atoms with E-state index in [-0.39, 0.29) is 12.5 Å². The molecule has 0 unspecified atom stereocenters. The Bertz CT molecular complexity index is 924. The third-order valence-corrected chi connectivity index (χ3v) is 4.50. The van der Waals surface area contributed by atoms with Gasteiger partial charge in [-0.2, -0.15) is 0 Å². The number of hydrogen-bond donors (Lipinski definition) is 5. The van der Waals surface area contributed by atoms with Crippen LogP contribution in [0.2, 0.25) is 0 Å². The normalized spacial score (nSPS) is 12.6. The summed E-state index contributed by atoms with van der Waals surface area (Å²) in [7, 11) is 0. The second-order valence-electron chi connectivity index (χ2n) is 6.89. The smallest absolute Gasteiger partial charge is 0.320 e. The number of aryl methyl sites for hydroxylation is 1. The molecule has 0 fully saturated rings. The van der Waals surface area contributed by atoms with Gasteiger partial charge in [0, 0.05) is 23.1 Å². The zero-order valence-electron chi connectivity index (χ0n) is 16.1. The second kappa shape index (κ2) is 11.0. The minimum atomic E-state index is -0.934. The molecule has 3 rings (SSSR count). The number of rotatable bonds is 8. The molecule has 3 aromatic rings. The molecule has 2 atom stereocenters. The third kappa shape index (κ3) is 7.40. The fraction of sp³-hybridized carbons (Fsp3) is 0.273. The summed E-state index contributed by atoms with van der Waals surface area (Å²) < 4.78 is 0. The molecule has 0 aliphatic carbocycles. The van der Waals surface area contributed by atoms with Gasteiger partial charge >= 0.3 is 11.9 Å². The van der Waals surface area contributed by atoms with Gasteiger partial charge in [-0.15, -0.1) is 0 Å². The number of hydrogen-bond acceptors (Lipinski definition) is 4. The van der Waals surface area contributed by atoms with E-state index in [9.17, 15) is 9.59 Å². The number of carboxylic acid groups (broad SMARTS) is 2. The van der Waals surface area contributed by atoms with Gasteiger partial charge in [0.15, 0.2) is 0 Å². The van der Waals surface area contributed by atoms with Crippen LogP contribution in [-0.2, 0) is 22.4 Å². The molecular formula is C22H27N3O4. The lowest BCUT2D eigenvalue weighted by Gasteiger charge is -2.07. The maximum atomic E-state index is 10.5. The molecule has 29 heavy (non-hydrogen) atoms. The van der Waals surface area contributed by atoms with Crippen LogP contribution in [0.1, 0.15) is 24.0 Å². The minimum absolute atomic E-state index is 0.000489. The van der Waals surface area contributed by atoms with Gasteiger partial charge in [-0.3, -0.25) is 9.59 Å². The third-order valence-electron chi connectivity index (χ3n) is 4.50. The van der Waals surface area contributed by atoms with Crippen molar-refractivity contribution < 1.29 is 19.8 Å². The van der Waals surface area contributed by atoms with E-state index in [2.05, 4.69) is 4.98 Å². The first-order valence-corrected chi connectivity index (χ1v) is 9.41. The summed E-state index contributed by atoms with van der Waals surface area (Å²) in [6.07, 6.45) is 3.68. The maximum Gasteiger partial charge on any atom is 0.320 e. The molecule has 7 heteroatoms. The predicted molar refractivity (Wildman–Crippen MR) is 113 cm³/mol. The Hall–Kier alpha value is -3.16. The molecule has 0 amide bonds. The van der Waals surface area contributed by atoms with Gasteiger partial charge in [0.05, 0.1) is 6.42 Å². The number of aromatic nitrogens is 1. The molecule has 0 saturated heterocycles. The fourth-order valence-corrected chi connectivity index (χ4v) is 2.97. The van der Waals surface area contributed by atoms with Gasteiger partial charge in [0.2, 0.25) is 0 Å². The Morgan fingerprint density at radius 3 is 2.28 bits per heavy atom. The highest BCUT2D eigenvalue weighted by Gasteiger charge is 2.12. The van der Waals surface area contributed by atoms with Crippen molar-refractivity contribution in [3.8, 4) is 0 Å². The Morgan fingerprint density at radius 1 is 0.966 bits per heavy atom. The van der Waals surface area contributed by atoms with Crippen LogP contribution in [0, 0.1) is 0 Å². The van der Waals surface area contributed by atoms with Gasteiger partial charge in [-0.05, 0) is 36.5 Å². The summed E-state index contributed by atoms with van der Waals surface area (Å²) in [5.41, 5.74) is 14.4. The van der Waals surface area contributed by atoms with E-state index >= 15 is 0 Å². The van der Waals surface area contributed by atoms with E-state index in [1.807, 2.05) is 60.8 Å². The molecule has 0 saturated carbocycles. The molecular weight excluding hydrogens is 370 g/mol. The van der Waals surface area contributed by atoms with Crippen LogP contribution in [0.15, 0.2) is 60.8 Å². The van der Waals surface area contributed by atoms with Crippen molar-refractivity contribution in [2.45, 2.75) is 37.8 Å². The summed E-state index contributed by atoms with van der Waals surface area (Å²) in [5.74, 6) is -1.79. The van der Waals surface area contributed by atoms with Crippen LogP contribution in [0.3, 0.4) is 0 Å². The summed E-state index contributed by atoms with van der Waals surface area (Å²) in [5, 5.41) is 18.3. The largest absolute Gasteiger partial charge is 0.481 e. The molecule has 154 valence electrons. The number of carbonyl (C=O) groups is 2. The summed E-state index contributed by atoms with van der Waals surface area (Å²) in [6.45, 7) is 0. The highest BCUT2D eigenvalue weighted by Crippen LogP contribution is 2.19. The van der Waals surface area contributed by atoms with Gasteiger partial charge in [0.25, 0.3) is 0 Å². The lowest BCUT2D eigenvalue weighted by Crippen LogP contribution is -2.30. The molecule has 0 radical (unpaired) electrons. The van der Waals surface area contributed by atoms with Crippen LogP contribution < -0.4 is 11.5 Å². The Balaban J connectivity index is 0.000000212. The first kappa shape index (κ1) is 22.1. The highest BCUT2D eigenvalue weighted by atomic mass is 16.4. The molecule has 2 aromatic carbocycles. The van der Waals surface area contributed by atoms with Crippen LogP contribution in [0.5, 0.6) is 0 Å². The number of benzene rings is 2. The van der Waals surface area contributed by atoms with Gasteiger partial charge in [0.1, 0.15) is 6.04 Å². The van der Waals surface area contributed by atoms with Crippen molar-refractivity contribution in [2.24, 2.45) is 11.5 Å². The van der Waals surface area contributed by atoms with E-state index in [0.717, 1.165) is 22.0 Å². The number of aliphatic carboxylic acids is 2. The van der Waals surface area contributed by atoms with Gasteiger partial charge in [-0.25, -0.2) is 0 Å². The second-order valence-corrected chi connectivity index (χ2v) is 6.89. The van der Waals surface area contributed by atoms with E-state index in [0.29, 0.717) is 19.3 Å². The number of aromatic amines is 1. The molecule has 0 aliphatic heterocycles. The lowest BCUT2D eigenvalue weighted by molar-refractivity contribution is -0.139. The Labute approximate surface area is 169 Å². The zero-order chi connectivity index (χ0) is 21.2. The first-order chi connectivity index (χ1) is 13.9. The average Bonchev–Trinajstić information content (AvgIpc) is 3.09. The van der Waals surface area contributed by atoms with E-state index in [1.54, 1.807) is 0 Å². The van der Waals surface area contributed by atoms with Crippen molar-refractivity contribution in [2.75, 3.05) is 0 Å². The number of nitrogens with two attached hydrogens (primary N) is 2. The fourth-order valence-electron chi connectivity index (χ4n) is 2.97. The topological polar surface area (TPSA) is 142 Å². The van der Waals surface area contributed by atoms with E-state index in [1.165, 1.54) is 0 Å². The number of para-hydroxylation sites is 1. The summed E-state index contributed by atoms with van der Waals surface area (Å²) in [4.78, 5) is 24.1. The number of fused-ring (bicyclic) bond motifs is 1. The molecule has 7 N–H and O–H groups in total. The van der Waals surface area contributed by atoms with Crippen molar-refractivity contribution in [3.05, 3.63) is 71.9 Å². The Morgan fingerprint density at radius 2 is 1.62 bits per heavy atom. The highest BCUT2D eigenvalue weighted by molar-refractivity contribution is 5.83. The standard InChI is InChI=1S/C12H14N2O2.C10H13NO2/c13-9(6-12(15)16)5-8-7-14-11-4-2-1-3-10(8)11;11-9(10(12)13)7-6-8-4-2-1-3-5-8/h1-4,7,9,14H,5-6,13H2,(H,15,16);1-5,9H,6-7,11H2,(H,12,13)/t2*9-/m00/s1. The predicted octanol–water partition coefficient (Wildman–Crippen LogP) is 2.54. The van der Waals surface area contributed by atoms with Crippen LogP contribution >= 0.6 is 0 Å². The lowest BCUT2D eigenvalue weighted by atomic mass is 10.0. The van der Waals surface area contributed by atoms with Crippen LogP contribution in [-0.4, -0.2) is 39.2 Å². The van der Waals surface area contributed by atoms with Crippen molar-refractivity contribution >= 4 is 22.8 Å². The number of nitrogens with one attached hydrogen (secondary N) is 1. The van der Waals surface area contributed by atoms with Crippen LogP contribution in [0.25, 0.3) is 10.9 Å². The minimum Gasteiger partial charge on any atom is -0.481 e. The number of H-pyrrole nitrogens is 1. The quantitative estimate of drug-likeness (QED) is 0.395. The maximum absolute atomic E-state index is 10.5. The molecule has 0 spiro atoms. The average molecular weight is 397 g/mol. The number of carboxylic acids is 2. The van der Waals surface area contributed by atoms with Crippen molar-refractivity contribution in [1.82, 2.24) is 4.98 Å².